The minimum atomic E-state index is -3.66. The minimum absolute atomic E-state index is 0.145. The van der Waals surface area contributed by atoms with E-state index in [1.54, 1.807) is 42.2 Å². The third-order valence-corrected chi connectivity index (χ3v) is 4.95. The van der Waals surface area contributed by atoms with Crippen molar-refractivity contribution in [1.82, 2.24) is 9.97 Å². The van der Waals surface area contributed by atoms with Crippen LogP contribution in [0.5, 0.6) is 0 Å². The van der Waals surface area contributed by atoms with Gasteiger partial charge in [0.1, 0.15) is 6.33 Å². The maximum absolute atomic E-state index is 11.9. The third-order valence-electron chi connectivity index (χ3n) is 2.67. The highest BCUT2D eigenvalue weighted by molar-refractivity contribution is 7.98. The molecule has 0 spiro atoms. The Labute approximate surface area is 128 Å². The Morgan fingerprint density at radius 1 is 1.19 bits per heavy atom. The molecule has 21 heavy (non-hydrogen) atoms. The van der Waals surface area contributed by atoms with Gasteiger partial charge < -0.3 is 0 Å². The summed E-state index contributed by atoms with van der Waals surface area (Å²) in [6, 6.07) is 8.44. The molecule has 0 saturated heterocycles. The first kappa shape index (κ1) is 15.9. The number of hydrogen-bond donors (Lipinski definition) is 0. The highest BCUT2D eigenvalue weighted by Crippen LogP contribution is 2.14. The van der Waals surface area contributed by atoms with Gasteiger partial charge in [-0.25, -0.2) is 9.97 Å². The lowest BCUT2D eigenvalue weighted by atomic mass is 10.2. The number of thioether (sulfide) groups is 1. The monoisotopic (exact) mass is 324 g/mol. The van der Waals surface area contributed by atoms with E-state index in [1.807, 2.05) is 13.0 Å². The molecule has 0 aliphatic carbocycles. The quantitative estimate of drug-likeness (QED) is 0.575. The zero-order valence-corrected chi connectivity index (χ0v) is 13.2. The Hall–Kier alpha value is -1.44. The maximum Gasteiger partial charge on any atom is 0.296 e. The summed E-state index contributed by atoms with van der Waals surface area (Å²) in [6.45, 7) is 2.05. The summed E-state index contributed by atoms with van der Waals surface area (Å²) in [7, 11) is -3.66. The van der Waals surface area contributed by atoms with Crippen LogP contribution in [0, 0.1) is 6.92 Å². The summed E-state index contributed by atoms with van der Waals surface area (Å²) in [6.07, 6.45) is 3.18. The van der Waals surface area contributed by atoms with Crippen LogP contribution in [0.15, 0.2) is 47.8 Å². The van der Waals surface area contributed by atoms with E-state index >= 15 is 0 Å². The average molecular weight is 324 g/mol. The molecule has 7 heteroatoms. The predicted molar refractivity (Wildman–Crippen MR) is 82.5 cm³/mol. The van der Waals surface area contributed by atoms with Gasteiger partial charge in [-0.05, 0) is 25.1 Å². The molecule has 2 aromatic rings. The lowest BCUT2D eigenvalue weighted by Crippen LogP contribution is -2.09. The third kappa shape index (κ3) is 5.11. The van der Waals surface area contributed by atoms with E-state index in [2.05, 4.69) is 9.97 Å². The lowest BCUT2D eigenvalue weighted by Gasteiger charge is -2.06. The van der Waals surface area contributed by atoms with Gasteiger partial charge in [-0.1, -0.05) is 17.7 Å². The molecular formula is C14H16N2O3S2. The van der Waals surface area contributed by atoms with Gasteiger partial charge in [0.05, 0.1) is 17.2 Å². The standard InChI is InChI=1S/C14H16N2O3S2/c1-12-2-4-14(5-3-12)21(17,18)19-8-9-20-10-13-6-7-15-11-16-13/h2-7,11H,8-10H2,1H3. The molecule has 5 nitrogen and oxygen atoms in total. The first-order chi connectivity index (χ1) is 10.1. The molecule has 1 aromatic carbocycles. The first-order valence-corrected chi connectivity index (χ1v) is 8.93. The van der Waals surface area contributed by atoms with Gasteiger partial charge in [0, 0.05) is 17.7 Å². The largest absolute Gasteiger partial charge is 0.296 e. The van der Waals surface area contributed by atoms with E-state index in [-0.39, 0.29) is 11.5 Å². The number of aromatic nitrogens is 2. The zero-order valence-electron chi connectivity index (χ0n) is 11.6. The van der Waals surface area contributed by atoms with Crippen LogP contribution in [-0.4, -0.2) is 30.7 Å². The average Bonchev–Trinajstić information content (AvgIpc) is 2.48. The maximum atomic E-state index is 11.9. The normalized spacial score (nSPS) is 11.5. The highest BCUT2D eigenvalue weighted by atomic mass is 32.2. The van der Waals surface area contributed by atoms with Crippen LogP contribution in [0.4, 0.5) is 0 Å². The van der Waals surface area contributed by atoms with Crippen LogP contribution in [0.3, 0.4) is 0 Å². The Morgan fingerprint density at radius 3 is 2.62 bits per heavy atom. The van der Waals surface area contributed by atoms with Crippen molar-refractivity contribution in [2.24, 2.45) is 0 Å². The molecule has 1 aromatic heterocycles. The molecule has 0 fully saturated rings. The van der Waals surface area contributed by atoms with Crippen molar-refractivity contribution in [3.8, 4) is 0 Å². The van der Waals surface area contributed by atoms with Gasteiger partial charge in [-0.15, -0.1) is 0 Å². The molecule has 0 atom stereocenters. The molecule has 0 amide bonds. The number of hydrogen-bond acceptors (Lipinski definition) is 6. The fourth-order valence-corrected chi connectivity index (χ4v) is 3.30. The van der Waals surface area contributed by atoms with Gasteiger partial charge in [0.15, 0.2) is 0 Å². The van der Waals surface area contributed by atoms with Crippen molar-refractivity contribution in [3.05, 3.63) is 54.1 Å². The fourth-order valence-electron chi connectivity index (χ4n) is 1.56. The van der Waals surface area contributed by atoms with Gasteiger partial charge in [-0.2, -0.15) is 20.2 Å². The smallest absolute Gasteiger partial charge is 0.266 e. The van der Waals surface area contributed by atoms with Gasteiger partial charge in [0.25, 0.3) is 10.1 Å². The molecule has 0 radical (unpaired) electrons. The van der Waals surface area contributed by atoms with Crippen LogP contribution < -0.4 is 0 Å². The van der Waals surface area contributed by atoms with Crippen LogP contribution in [0.1, 0.15) is 11.3 Å². The van der Waals surface area contributed by atoms with Crippen molar-refractivity contribution in [1.29, 1.82) is 0 Å². The molecule has 0 bridgehead atoms. The molecule has 1 heterocycles. The molecular weight excluding hydrogens is 308 g/mol. The second-order valence-corrected chi connectivity index (χ2v) is 7.06. The van der Waals surface area contributed by atoms with Gasteiger partial charge in [-0.3, -0.25) is 4.18 Å². The number of rotatable bonds is 7. The summed E-state index contributed by atoms with van der Waals surface area (Å²) in [5.41, 5.74) is 1.92. The van der Waals surface area contributed by atoms with Crippen LogP contribution in [0.2, 0.25) is 0 Å². The number of benzene rings is 1. The van der Waals surface area contributed by atoms with Crippen LogP contribution in [0.25, 0.3) is 0 Å². The van der Waals surface area contributed by atoms with E-state index in [0.717, 1.165) is 11.3 Å². The summed E-state index contributed by atoms with van der Waals surface area (Å²) in [5.74, 6) is 1.28. The SMILES string of the molecule is Cc1ccc(S(=O)(=O)OCCSCc2ccncn2)cc1. The summed E-state index contributed by atoms with van der Waals surface area (Å²) in [5, 5.41) is 0. The topological polar surface area (TPSA) is 69.2 Å². The van der Waals surface area contributed by atoms with Crippen molar-refractivity contribution < 1.29 is 12.6 Å². The molecule has 2 rings (SSSR count). The Kier molecular flexibility index (Phi) is 5.72. The van der Waals surface area contributed by atoms with Crippen molar-refractivity contribution >= 4 is 21.9 Å². The summed E-state index contributed by atoms with van der Waals surface area (Å²) >= 11 is 1.56. The Morgan fingerprint density at radius 2 is 1.95 bits per heavy atom. The second kappa shape index (κ2) is 7.53. The lowest BCUT2D eigenvalue weighted by molar-refractivity contribution is 0.341. The number of aryl methyl sites for hydroxylation is 1. The Bertz CT molecular complexity index is 658. The Balaban J connectivity index is 1.76. The molecule has 0 aliphatic rings. The van der Waals surface area contributed by atoms with Crippen molar-refractivity contribution in [3.63, 3.8) is 0 Å². The van der Waals surface area contributed by atoms with Crippen LogP contribution >= 0.6 is 11.8 Å². The highest BCUT2D eigenvalue weighted by Gasteiger charge is 2.14. The number of nitrogens with zero attached hydrogens (tertiary/aromatic N) is 2. The van der Waals surface area contributed by atoms with Crippen molar-refractivity contribution in [2.75, 3.05) is 12.4 Å². The van der Waals surface area contributed by atoms with E-state index in [0.29, 0.717) is 11.5 Å². The van der Waals surface area contributed by atoms with E-state index < -0.39 is 10.1 Å². The zero-order chi connectivity index (χ0) is 15.1. The van der Waals surface area contributed by atoms with E-state index in [4.69, 9.17) is 4.18 Å². The van der Waals surface area contributed by atoms with Crippen LogP contribution in [-0.2, 0) is 20.1 Å². The van der Waals surface area contributed by atoms with E-state index in [1.165, 1.54) is 6.33 Å². The summed E-state index contributed by atoms with van der Waals surface area (Å²) in [4.78, 5) is 8.12. The fraction of sp³-hybridized carbons (Fsp3) is 0.286. The molecule has 0 unspecified atom stereocenters. The van der Waals surface area contributed by atoms with E-state index in [9.17, 15) is 8.42 Å². The van der Waals surface area contributed by atoms with Gasteiger partial charge >= 0.3 is 0 Å². The molecule has 0 aliphatic heterocycles. The van der Waals surface area contributed by atoms with Crippen molar-refractivity contribution in [2.45, 2.75) is 17.6 Å². The minimum Gasteiger partial charge on any atom is -0.266 e. The molecule has 0 saturated carbocycles. The second-order valence-electron chi connectivity index (χ2n) is 4.34. The summed E-state index contributed by atoms with van der Waals surface area (Å²) < 4.78 is 28.9. The molecule has 0 N–H and O–H groups in total. The van der Waals surface area contributed by atoms with Gasteiger partial charge in [0.2, 0.25) is 0 Å². The first-order valence-electron chi connectivity index (χ1n) is 6.37. The molecule has 112 valence electrons. The predicted octanol–water partition coefficient (Wildman–Crippen LogP) is 2.42.